The second-order valence-corrected chi connectivity index (χ2v) is 7.02. The van der Waals surface area contributed by atoms with Crippen LogP contribution >= 0.6 is 0 Å². The summed E-state index contributed by atoms with van der Waals surface area (Å²) in [7, 11) is 1.40. The Morgan fingerprint density at radius 3 is 2.50 bits per heavy atom. The Labute approximate surface area is 164 Å². The van der Waals surface area contributed by atoms with E-state index in [1.807, 2.05) is 36.4 Å². The van der Waals surface area contributed by atoms with E-state index in [0.29, 0.717) is 6.61 Å². The number of carbonyl (C=O) groups is 1. The molecule has 3 aromatic rings. The predicted molar refractivity (Wildman–Crippen MR) is 107 cm³/mol. The molecule has 0 amide bonds. The quantitative estimate of drug-likeness (QED) is 0.687. The van der Waals surface area contributed by atoms with E-state index >= 15 is 0 Å². The number of methoxy groups -OCH3 is 1. The van der Waals surface area contributed by atoms with Crippen LogP contribution in [0, 0.1) is 0 Å². The zero-order valence-electron chi connectivity index (χ0n) is 15.7. The average molecular weight is 374 g/mol. The molecule has 0 spiro atoms. The van der Waals surface area contributed by atoms with E-state index in [9.17, 15) is 9.90 Å². The Kier molecular flexibility index (Phi) is 5.02. The molecule has 3 aromatic carbocycles. The molecule has 28 heavy (non-hydrogen) atoms. The van der Waals surface area contributed by atoms with Crippen LogP contribution in [0.3, 0.4) is 0 Å². The second kappa shape index (κ2) is 7.77. The average Bonchev–Trinajstić information content (AvgIpc) is 2.74. The Balaban J connectivity index is 1.74. The van der Waals surface area contributed by atoms with E-state index < -0.39 is 0 Å². The molecule has 1 aliphatic rings. The van der Waals surface area contributed by atoms with Gasteiger partial charge in [0.05, 0.1) is 20.1 Å². The first kappa shape index (κ1) is 18.1. The van der Waals surface area contributed by atoms with Gasteiger partial charge in [0, 0.05) is 23.5 Å². The van der Waals surface area contributed by atoms with Gasteiger partial charge < -0.3 is 14.6 Å². The highest BCUT2D eigenvalue weighted by atomic mass is 16.5. The lowest BCUT2D eigenvalue weighted by molar-refractivity contribution is -0.139. The number of hydrogen-bond acceptors (Lipinski definition) is 4. The highest BCUT2D eigenvalue weighted by Gasteiger charge is 2.33. The SMILES string of the molecule is COC(=O)Cc1ccc(C2c3ccc(O)cc3OC[C@@H]2c2ccccc2)cc1. The van der Waals surface area contributed by atoms with Crippen molar-refractivity contribution in [1.82, 2.24) is 0 Å². The minimum Gasteiger partial charge on any atom is -0.508 e. The number of hydrogen-bond donors (Lipinski definition) is 1. The van der Waals surface area contributed by atoms with Crippen LogP contribution in [0.4, 0.5) is 0 Å². The monoisotopic (exact) mass is 374 g/mol. The van der Waals surface area contributed by atoms with E-state index in [0.717, 1.165) is 22.4 Å². The molecule has 0 saturated heterocycles. The first-order valence-corrected chi connectivity index (χ1v) is 9.32. The van der Waals surface area contributed by atoms with Crippen LogP contribution in [0.1, 0.15) is 34.1 Å². The number of phenols is 1. The number of carbonyl (C=O) groups excluding carboxylic acids is 1. The van der Waals surface area contributed by atoms with Crippen LogP contribution in [0.25, 0.3) is 0 Å². The maximum absolute atomic E-state index is 11.5. The third kappa shape index (κ3) is 3.58. The molecule has 0 fully saturated rings. The summed E-state index contributed by atoms with van der Waals surface area (Å²) in [6.45, 7) is 0.537. The van der Waals surface area contributed by atoms with E-state index in [1.165, 1.54) is 12.7 Å². The van der Waals surface area contributed by atoms with Crippen LogP contribution in [-0.2, 0) is 16.0 Å². The van der Waals surface area contributed by atoms with Crippen molar-refractivity contribution in [3.05, 3.63) is 95.1 Å². The molecule has 0 bridgehead atoms. The molecule has 0 radical (unpaired) electrons. The van der Waals surface area contributed by atoms with Crippen LogP contribution in [0.5, 0.6) is 11.5 Å². The Bertz CT molecular complexity index is 964. The molecule has 1 unspecified atom stereocenters. The van der Waals surface area contributed by atoms with Crippen LogP contribution < -0.4 is 4.74 Å². The number of benzene rings is 3. The molecule has 4 heteroatoms. The standard InChI is InChI=1S/C24H22O4/c1-27-23(26)13-16-7-9-18(10-8-16)24-20-12-11-19(25)14-22(20)28-15-21(24)17-5-3-2-4-6-17/h2-12,14,21,24-25H,13,15H2,1H3/t21-,24?/m1/s1. The molecule has 1 heterocycles. The van der Waals surface area contributed by atoms with Crippen molar-refractivity contribution in [3.8, 4) is 11.5 Å². The fraction of sp³-hybridized carbons (Fsp3) is 0.208. The molecule has 0 aromatic heterocycles. The molecular formula is C24H22O4. The molecule has 4 nitrogen and oxygen atoms in total. The van der Waals surface area contributed by atoms with Crippen molar-refractivity contribution in [2.45, 2.75) is 18.3 Å². The molecule has 142 valence electrons. The largest absolute Gasteiger partial charge is 0.508 e. The normalized spacial score (nSPS) is 18.0. The molecular weight excluding hydrogens is 352 g/mol. The van der Waals surface area contributed by atoms with Crippen LogP contribution in [0.2, 0.25) is 0 Å². The minimum atomic E-state index is -0.248. The Morgan fingerprint density at radius 2 is 1.79 bits per heavy atom. The van der Waals surface area contributed by atoms with E-state index in [-0.39, 0.29) is 30.0 Å². The van der Waals surface area contributed by atoms with Gasteiger partial charge in [-0.2, -0.15) is 0 Å². The van der Waals surface area contributed by atoms with Crippen molar-refractivity contribution in [2.24, 2.45) is 0 Å². The highest BCUT2D eigenvalue weighted by Crippen LogP contribution is 2.46. The second-order valence-electron chi connectivity index (χ2n) is 7.02. The number of rotatable bonds is 4. The predicted octanol–water partition coefficient (Wildman–Crippen LogP) is 4.42. The number of phenolic OH excluding ortho intramolecular Hbond substituents is 1. The van der Waals surface area contributed by atoms with Gasteiger partial charge in [0.1, 0.15) is 11.5 Å². The smallest absolute Gasteiger partial charge is 0.309 e. The van der Waals surface area contributed by atoms with Gasteiger partial charge in [-0.3, -0.25) is 4.79 Å². The van der Waals surface area contributed by atoms with Gasteiger partial charge in [-0.05, 0) is 22.8 Å². The topological polar surface area (TPSA) is 55.8 Å². The molecule has 0 saturated carbocycles. The summed E-state index contributed by atoms with van der Waals surface area (Å²) in [5.41, 5.74) is 4.34. The van der Waals surface area contributed by atoms with E-state index in [4.69, 9.17) is 9.47 Å². The Morgan fingerprint density at radius 1 is 1.04 bits per heavy atom. The van der Waals surface area contributed by atoms with Gasteiger partial charge in [0.15, 0.2) is 0 Å². The van der Waals surface area contributed by atoms with Crippen molar-refractivity contribution in [2.75, 3.05) is 13.7 Å². The van der Waals surface area contributed by atoms with Crippen LogP contribution in [0.15, 0.2) is 72.8 Å². The van der Waals surface area contributed by atoms with Crippen molar-refractivity contribution < 1.29 is 19.4 Å². The van der Waals surface area contributed by atoms with Crippen molar-refractivity contribution in [1.29, 1.82) is 0 Å². The van der Waals surface area contributed by atoms with Gasteiger partial charge in [0.25, 0.3) is 0 Å². The zero-order chi connectivity index (χ0) is 19.5. The van der Waals surface area contributed by atoms with E-state index in [1.54, 1.807) is 12.1 Å². The van der Waals surface area contributed by atoms with Crippen molar-refractivity contribution >= 4 is 5.97 Å². The first-order chi connectivity index (χ1) is 13.7. The minimum absolute atomic E-state index is 0.0962. The maximum atomic E-state index is 11.5. The highest BCUT2D eigenvalue weighted by molar-refractivity contribution is 5.72. The molecule has 1 N–H and O–H groups in total. The Hall–Kier alpha value is -3.27. The summed E-state index contributed by atoms with van der Waals surface area (Å²) in [6.07, 6.45) is 0.261. The maximum Gasteiger partial charge on any atom is 0.309 e. The summed E-state index contributed by atoms with van der Waals surface area (Å²) in [5, 5.41) is 9.85. The number of aromatic hydroxyl groups is 1. The summed E-state index contributed by atoms with van der Waals surface area (Å²) in [5.74, 6) is 0.922. The molecule has 2 atom stereocenters. The zero-order valence-corrected chi connectivity index (χ0v) is 15.7. The lowest BCUT2D eigenvalue weighted by Crippen LogP contribution is -2.25. The van der Waals surface area contributed by atoms with Gasteiger partial charge >= 0.3 is 5.97 Å². The van der Waals surface area contributed by atoms with Crippen LogP contribution in [-0.4, -0.2) is 24.8 Å². The van der Waals surface area contributed by atoms with Gasteiger partial charge in [-0.15, -0.1) is 0 Å². The van der Waals surface area contributed by atoms with Crippen molar-refractivity contribution in [3.63, 3.8) is 0 Å². The number of esters is 1. The number of fused-ring (bicyclic) bond motifs is 1. The summed E-state index contributed by atoms with van der Waals surface area (Å²) < 4.78 is 10.7. The molecule has 1 aliphatic heterocycles. The third-order valence-electron chi connectivity index (χ3n) is 5.30. The summed E-state index contributed by atoms with van der Waals surface area (Å²) in [4.78, 5) is 11.5. The third-order valence-corrected chi connectivity index (χ3v) is 5.30. The van der Waals surface area contributed by atoms with Gasteiger partial charge in [-0.25, -0.2) is 0 Å². The lowest BCUT2D eigenvalue weighted by atomic mass is 9.75. The van der Waals surface area contributed by atoms with E-state index in [2.05, 4.69) is 24.3 Å². The fourth-order valence-electron chi connectivity index (χ4n) is 3.88. The lowest BCUT2D eigenvalue weighted by Gasteiger charge is -2.34. The summed E-state index contributed by atoms with van der Waals surface area (Å²) >= 11 is 0. The summed E-state index contributed by atoms with van der Waals surface area (Å²) in [6, 6.07) is 23.7. The number of ether oxygens (including phenoxy) is 2. The molecule has 0 aliphatic carbocycles. The fourth-order valence-corrected chi connectivity index (χ4v) is 3.88. The van der Waals surface area contributed by atoms with Gasteiger partial charge in [0.2, 0.25) is 0 Å². The van der Waals surface area contributed by atoms with Gasteiger partial charge in [-0.1, -0.05) is 60.7 Å². The first-order valence-electron chi connectivity index (χ1n) is 9.32. The molecule has 4 rings (SSSR count).